The van der Waals surface area contributed by atoms with E-state index in [2.05, 4.69) is 59.7 Å². The minimum absolute atomic E-state index is 0.0632. The van der Waals surface area contributed by atoms with Gasteiger partial charge in [0.2, 0.25) is 0 Å². The highest BCUT2D eigenvalue weighted by Crippen LogP contribution is 2.32. The summed E-state index contributed by atoms with van der Waals surface area (Å²) >= 11 is 0. The quantitative estimate of drug-likeness (QED) is 0.662. The van der Waals surface area contributed by atoms with Crippen LogP contribution in [-0.4, -0.2) is 4.98 Å². The molecule has 94 valence electrons. The highest BCUT2D eigenvalue weighted by Gasteiger charge is 2.22. The summed E-state index contributed by atoms with van der Waals surface area (Å²) in [6.45, 7) is 13.3. The van der Waals surface area contributed by atoms with Gasteiger partial charge in [-0.25, -0.2) is 0 Å². The molecule has 0 aliphatic heterocycles. The summed E-state index contributed by atoms with van der Waals surface area (Å²) in [7, 11) is 0. The zero-order valence-corrected chi connectivity index (χ0v) is 12.2. The maximum atomic E-state index is 4.77. The van der Waals surface area contributed by atoms with Crippen LogP contribution in [0.25, 0.3) is 10.9 Å². The lowest BCUT2D eigenvalue weighted by molar-refractivity contribution is 0.558. The molecule has 1 aromatic heterocycles. The van der Waals surface area contributed by atoms with Gasteiger partial charge in [0, 0.05) is 22.6 Å². The SMILES string of the molecule is CC(C)(C)c1cc(C(C)(C)C)c2cc#ccc2n1. The standard InChI is InChI=1S/C17H21N/c1-16(2,3)13-11-15(17(4,5)6)18-14-10-8-7-9-12(13)14/h9-11H,1-6H3. The molecule has 0 radical (unpaired) electrons. The van der Waals surface area contributed by atoms with E-state index >= 15 is 0 Å². The highest BCUT2D eigenvalue weighted by molar-refractivity contribution is 5.82. The number of nitrogens with zero attached hydrogens (tertiary/aromatic N) is 1. The molecule has 2 aromatic rings. The van der Waals surface area contributed by atoms with Crippen molar-refractivity contribution in [3.8, 4) is 0 Å². The van der Waals surface area contributed by atoms with Gasteiger partial charge in [-0.3, -0.25) is 4.98 Å². The van der Waals surface area contributed by atoms with Crippen molar-refractivity contribution < 1.29 is 0 Å². The molecule has 1 aromatic carbocycles. The van der Waals surface area contributed by atoms with Gasteiger partial charge in [-0.2, -0.15) is 0 Å². The fourth-order valence-electron chi connectivity index (χ4n) is 2.07. The second-order valence-electron chi connectivity index (χ2n) is 6.93. The van der Waals surface area contributed by atoms with Crippen LogP contribution in [0.3, 0.4) is 0 Å². The van der Waals surface area contributed by atoms with E-state index in [1.54, 1.807) is 0 Å². The Morgan fingerprint density at radius 3 is 2.06 bits per heavy atom. The first-order valence-corrected chi connectivity index (χ1v) is 6.43. The van der Waals surface area contributed by atoms with Gasteiger partial charge in [0.15, 0.2) is 0 Å². The molecular formula is C17H21N. The summed E-state index contributed by atoms with van der Waals surface area (Å²) in [5.74, 6) is 0. The lowest BCUT2D eigenvalue weighted by Gasteiger charge is -2.25. The zero-order chi connectivity index (χ0) is 13.6. The largest absolute Gasteiger partial charge is 0.252 e. The van der Waals surface area contributed by atoms with Crippen LogP contribution >= 0.6 is 0 Å². The molecule has 0 atom stereocenters. The monoisotopic (exact) mass is 239 g/mol. The molecule has 0 N–H and O–H groups in total. The van der Waals surface area contributed by atoms with Crippen LogP contribution in [0.15, 0.2) is 18.2 Å². The zero-order valence-electron chi connectivity index (χ0n) is 12.2. The molecule has 0 saturated heterocycles. The van der Waals surface area contributed by atoms with Crippen molar-refractivity contribution in [2.45, 2.75) is 52.4 Å². The Morgan fingerprint density at radius 2 is 1.50 bits per heavy atom. The van der Waals surface area contributed by atoms with E-state index in [4.69, 9.17) is 4.98 Å². The molecule has 0 spiro atoms. The Balaban J connectivity index is 2.81. The van der Waals surface area contributed by atoms with Gasteiger partial charge >= 0.3 is 0 Å². The maximum Gasteiger partial charge on any atom is 0.0798 e. The number of pyridine rings is 1. The first-order valence-electron chi connectivity index (χ1n) is 6.43. The molecule has 0 aliphatic carbocycles. The lowest BCUT2D eigenvalue weighted by Crippen LogP contribution is -2.18. The van der Waals surface area contributed by atoms with E-state index < -0.39 is 0 Å². The van der Waals surface area contributed by atoms with Gasteiger partial charge in [-0.15, -0.1) is 0 Å². The van der Waals surface area contributed by atoms with Crippen molar-refractivity contribution in [1.29, 1.82) is 0 Å². The molecular weight excluding hydrogens is 218 g/mol. The number of rotatable bonds is 0. The van der Waals surface area contributed by atoms with Gasteiger partial charge in [0.05, 0.1) is 5.52 Å². The molecule has 0 aliphatic rings. The first-order chi connectivity index (χ1) is 8.19. The predicted molar refractivity (Wildman–Crippen MR) is 76.8 cm³/mol. The molecule has 1 heterocycles. The number of hydrogen-bond donors (Lipinski definition) is 0. The van der Waals surface area contributed by atoms with Gasteiger partial charge in [-0.05, 0) is 23.1 Å². The Morgan fingerprint density at radius 1 is 0.889 bits per heavy atom. The normalized spacial score (nSPS) is 12.6. The van der Waals surface area contributed by atoms with Gasteiger partial charge in [-0.1, -0.05) is 53.7 Å². The third kappa shape index (κ3) is 2.34. The minimum atomic E-state index is 0.0632. The van der Waals surface area contributed by atoms with E-state index in [0.29, 0.717) is 0 Å². The van der Waals surface area contributed by atoms with Crippen LogP contribution < -0.4 is 0 Å². The summed E-state index contributed by atoms with van der Waals surface area (Å²) < 4.78 is 0. The molecule has 0 amide bonds. The summed E-state index contributed by atoms with van der Waals surface area (Å²) in [6, 6.07) is 12.2. The van der Waals surface area contributed by atoms with Crippen molar-refractivity contribution in [2.24, 2.45) is 0 Å². The van der Waals surface area contributed by atoms with Crippen molar-refractivity contribution >= 4 is 10.9 Å². The number of aromatic nitrogens is 1. The summed E-state index contributed by atoms with van der Waals surface area (Å²) in [5.41, 5.74) is 3.66. The minimum Gasteiger partial charge on any atom is -0.252 e. The summed E-state index contributed by atoms with van der Waals surface area (Å²) in [5, 5.41) is 1.19. The van der Waals surface area contributed by atoms with Crippen LogP contribution in [0, 0.1) is 12.1 Å². The second kappa shape index (κ2) is 3.99. The Labute approximate surface area is 110 Å². The molecule has 0 unspecified atom stereocenters. The van der Waals surface area contributed by atoms with Gasteiger partial charge in [0.1, 0.15) is 0 Å². The van der Waals surface area contributed by atoms with Crippen molar-refractivity contribution in [2.75, 3.05) is 0 Å². The predicted octanol–water partition coefficient (Wildman–Crippen LogP) is 4.43. The van der Waals surface area contributed by atoms with Crippen molar-refractivity contribution in [3.63, 3.8) is 0 Å². The molecule has 1 nitrogen and oxygen atoms in total. The van der Waals surface area contributed by atoms with Crippen molar-refractivity contribution in [1.82, 2.24) is 4.98 Å². The van der Waals surface area contributed by atoms with Crippen molar-refractivity contribution in [3.05, 3.63) is 41.6 Å². The van der Waals surface area contributed by atoms with E-state index in [0.717, 1.165) is 11.2 Å². The third-order valence-electron chi connectivity index (χ3n) is 3.17. The Bertz CT molecular complexity index is 568. The number of hydrogen-bond acceptors (Lipinski definition) is 1. The summed E-state index contributed by atoms with van der Waals surface area (Å²) in [6.07, 6.45) is 0. The van der Waals surface area contributed by atoms with E-state index in [-0.39, 0.29) is 10.8 Å². The molecule has 18 heavy (non-hydrogen) atoms. The van der Waals surface area contributed by atoms with Crippen LogP contribution in [0.4, 0.5) is 0 Å². The maximum absolute atomic E-state index is 4.77. The van der Waals surface area contributed by atoms with E-state index in [9.17, 15) is 0 Å². The molecule has 0 fully saturated rings. The fourth-order valence-corrected chi connectivity index (χ4v) is 2.07. The Hall–Kier alpha value is -1.55. The fraction of sp³-hybridized carbons (Fsp3) is 0.471. The second-order valence-corrected chi connectivity index (χ2v) is 6.93. The topological polar surface area (TPSA) is 12.9 Å². The van der Waals surface area contributed by atoms with Gasteiger partial charge in [0.25, 0.3) is 0 Å². The van der Waals surface area contributed by atoms with Crippen LogP contribution in [0.2, 0.25) is 0 Å². The molecule has 1 heteroatoms. The number of fused-ring (bicyclic) bond motifs is 1. The molecule has 0 saturated carbocycles. The smallest absolute Gasteiger partial charge is 0.0798 e. The molecule has 0 bridgehead atoms. The third-order valence-corrected chi connectivity index (χ3v) is 3.17. The summed E-state index contributed by atoms with van der Waals surface area (Å²) in [4.78, 5) is 4.77. The van der Waals surface area contributed by atoms with Crippen LogP contribution in [-0.2, 0) is 10.8 Å². The highest BCUT2D eigenvalue weighted by atomic mass is 14.7. The molecule has 2 rings (SSSR count). The average molecular weight is 239 g/mol. The van der Waals surface area contributed by atoms with E-state index in [1.807, 2.05) is 12.1 Å². The first kappa shape index (κ1) is 12.9. The van der Waals surface area contributed by atoms with Crippen LogP contribution in [0.1, 0.15) is 52.8 Å². The van der Waals surface area contributed by atoms with E-state index in [1.165, 1.54) is 10.9 Å². The Kier molecular flexibility index (Phi) is 2.86. The van der Waals surface area contributed by atoms with Gasteiger partial charge < -0.3 is 0 Å². The average Bonchev–Trinajstić information content (AvgIpc) is 2.25. The van der Waals surface area contributed by atoms with Crippen LogP contribution in [0.5, 0.6) is 0 Å². The lowest BCUT2D eigenvalue weighted by atomic mass is 9.81.